The quantitative estimate of drug-likeness (QED) is 0.165. The molecule has 0 aromatic carbocycles. The van der Waals surface area contributed by atoms with Gasteiger partial charge < -0.3 is 40.1 Å². The number of hydrogen-bond acceptors (Lipinski definition) is 10. The van der Waals surface area contributed by atoms with E-state index in [2.05, 4.69) is 10.3 Å². The molecular weight excluding hydrogens is 378 g/mol. The van der Waals surface area contributed by atoms with Crippen molar-refractivity contribution >= 4 is 5.97 Å². The lowest BCUT2D eigenvalue weighted by Crippen LogP contribution is -2.49. The molecule has 12 nitrogen and oxygen atoms in total. The van der Waals surface area contributed by atoms with Crippen molar-refractivity contribution in [1.82, 2.24) is 15.0 Å². The van der Waals surface area contributed by atoms with E-state index in [1.807, 2.05) is 0 Å². The van der Waals surface area contributed by atoms with Gasteiger partial charge in [-0.05, 0) is 12.8 Å². The van der Waals surface area contributed by atoms with Gasteiger partial charge in [-0.1, -0.05) is 5.21 Å². The molecule has 162 valence electrons. The highest BCUT2D eigenvalue weighted by atomic mass is 16.5. The van der Waals surface area contributed by atoms with Crippen LogP contribution in [-0.2, 0) is 26.2 Å². The predicted octanol–water partition coefficient (Wildman–Crippen LogP) is -2.89. The lowest BCUT2D eigenvalue weighted by Gasteiger charge is -2.33. The van der Waals surface area contributed by atoms with Gasteiger partial charge >= 0.3 is 5.97 Å². The third-order valence-electron chi connectivity index (χ3n) is 4.13. The van der Waals surface area contributed by atoms with Gasteiger partial charge in [0.25, 0.3) is 0 Å². The second kappa shape index (κ2) is 12.7. The Bertz CT molecular complexity index is 545. The number of aliphatic carboxylic acids is 1. The predicted molar refractivity (Wildman–Crippen MR) is 93.5 cm³/mol. The third-order valence-corrected chi connectivity index (χ3v) is 4.13. The average Bonchev–Trinajstić information content (AvgIpc) is 3.17. The number of ether oxygens (including phenoxy) is 2. The Morgan fingerprint density at radius 2 is 1.57 bits per heavy atom. The molecule has 0 amide bonds. The molecule has 0 unspecified atom stereocenters. The molecule has 1 rings (SSSR count). The fraction of sp³-hybridized carbons (Fsp3) is 0.812. The summed E-state index contributed by atoms with van der Waals surface area (Å²) in [5.41, 5.74) is -0.802. The Kier molecular flexibility index (Phi) is 11.1. The number of aliphatic hydroxyl groups is 5. The molecule has 12 heteroatoms. The van der Waals surface area contributed by atoms with Crippen molar-refractivity contribution in [3.05, 3.63) is 11.9 Å². The fourth-order valence-electron chi connectivity index (χ4n) is 2.28. The zero-order chi connectivity index (χ0) is 21.0. The molecule has 1 heterocycles. The van der Waals surface area contributed by atoms with Gasteiger partial charge in [-0.15, -0.1) is 5.10 Å². The summed E-state index contributed by atoms with van der Waals surface area (Å²) in [6, 6.07) is 0. The standard InChI is InChI=1S/C16H29N3O9/c20-5-13(6-21)27-10-16(9-24,11-28-14(7-22)8-23)19-4-12(17-18-19)2-1-3-15(25)26/h4,13-14,20-24H,1-3,5-11H2,(H,25,26). The van der Waals surface area contributed by atoms with E-state index >= 15 is 0 Å². The maximum absolute atomic E-state index is 10.6. The van der Waals surface area contributed by atoms with Crippen molar-refractivity contribution in [3.8, 4) is 0 Å². The van der Waals surface area contributed by atoms with E-state index in [9.17, 15) is 30.3 Å². The van der Waals surface area contributed by atoms with Gasteiger partial charge in [0.05, 0.1) is 51.9 Å². The van der Waals surface area contributed by atoms with Gasteiger partial charge in [0.15, 0.2) is 0 Å². The SMILES string of the molecule is O=C(O)CCCc1cn(C(CO)(COC(CO)CO)COC(CO)CO)nn1. The summed E-state index contributed by atoms with van der Waals surface area (Å²) in [5.74, 6) is -0.919. The van der Waals surface area contributed by atoms with Crippen LogP contribution in [0.3, 0.4) is 0 Å². The zero-order valence-corrected chi connectivity index (χ0v) is 15.6. The van der Waals surface area contributed by atoms with Crippen LogP contribution < -0.4 is 0 Å². The van der Waals surface area contributed by atoms with Crippen molar-refractivity contribution in [2.75, 3.05) is 46.2 Å². The average molecular weight is 407 g/mol. The summed E-state index contributed by atoms with van der Waals surface area (Å²) in [5, 5.41) is 63.4. The molecule has 0 atom stereocenters. The van der Waals surface area contributed by atoms with Gasteiger partial charge in [-0.3, -0.25) is 4.79 Å². The first kappa shape index (κ1) is 24.4. The highest BCUT2D eigenvalue weighted by Crippen LogP contribution is 2.19. The molecule has 0 saturated heterocycles. The van der Waals surface area contributed by atoms with Crippen LogP contribution >= 0.6 is 0 Å². The maximum Gasteiger partial charge on any atom is 0.303 e. The van der Waals surface area contributed by atoms with Crippen molar-refractivity contribution in [2.45, 2.75) is 37.0 Å². The van der Waals surface area contributed by atoms with Crippen molar-refractivity contribution < 1.29 is 44.9 Å². The van der Waals surface area contributed by atoms with E-state index in [1.165, 1.54) is 10.9 Å². The van der Waals surface area contributed by atoms with E-state index < -0.39 is 56.8 Å². The molecule has 6 N–H and O–H groups in total. The highest BCUT2D eigenvalue weighted by molar-refractivity contribution is 5.66. The minimum atomic E-state index is -1.30. The number of rotatable bonds is 16. The van der Waals surface area contributed by atoms with E-state index in [0.717, 1.165) is 0 Å². The van der Waals surface area contributed by atoms with E-state index in [4.69, 9.17) is 14.6 Å². The van der Waals surface area contributed by atoms with Gasteiger partial charge in [-0.25, -0.2) is 4.68 Å². The summed E-state index contributed by atoms with van der Waals surface area (Å²) in [4.78, 5) is 10.6. The number of carbonyl (C=O) groups is 1. The molecule has 0 aliphatic rings. The molecule has 0 fully saturated rings. The van der Waals surface area contributed by atoms with Gasteiger partial charge in [0.1, 0.15) is 17.7 Å². The molecule has 1 aromatic heterocycles. The number of aliphatic hydroxyl groups excluding tert-OH is 5. The Labute approximate surface area is 161 Å². The van der Waals surface area contributed by atoms with Crippen LogP contribution in [0.2, 0.25) is 0 Å². The number of nitrogens with zero attached hydrogens (tertiary/aromatic N) is 3. The molecule has 0 aliphatic heterocycles. The fourth-order valence-corrected chi connectivity index (χ4v) is 2.28. The Hall–Kier alpha value is -1.67. The minimum Gasteiger partial charge on any atom is -0.481 e. The first-order chi connectivity index (χ1) is 13.4. The smallest absolute Gasteiger partial charge is 0.303 e. The van der Waals surface area contributed by atoms with Gasteiger partial charge in [-0.2, -0.15) is 0 Å². The lowest BCUT2D eigenvalue weighted by molar-refractivity contribution is -0.137. The Morgan fingerprint density at radius 1 is 1.04 bits per heavy atom. The zero-order valence-electron chi connectivity index (χ0n) is 15.6. The van der Waals surface area contributed by atoms with Crippen LogP contribution in [0.1, 0.15) is 18.5 Å². The van der Waals surface area contributed by atoms with E-state index in [-0.39, 0.29) is 19.6 Å². The number of aromatic nitrogens is 3. The van der Waals surface area contributed by atoms with E-state index in [0.29, 0.717) is 18.5 Å². The van der Waals surface area contributed by atoms with Crippen LogP contribution in [-0.4, -0.2) is 110 Å². The Morgan fingerprint density at radius 3 is 2.00 bits per heavy atom. The molecule has 0 radical (unpaired) electrons. The Balaban J connectivity index is 2.96. The van der Waals surface area contributed by atoms with Gasteiger partial charge in [0.2, 0.25) is 0 Å². The van der Waals surface area contributed by atoms with Crippen LogP contribution in [0.15, 0.2) is 6.20 Å². The number of carboxylic acid groups (broad SMARTS) is 1. The summed E-state index contributed by atoms with van der Waals surface area (Å²) >= 11 is 0. The second-order valence-corrected chi connectivity index (χ2v) is 6.38. The molecule has 0 spiro atoms. The first-order valence-electron chi connectivity index (χ1n) is 8.85. The summed E-state index contributed by atoms with van der Waals surface area (Å²) < 4.78 is 12.2. The van der Waals surface area contributed by atoms with E-state index in [1.54, 1.807) is 0 Å². The molecular formula is C16H29N3O9. The lowest BCUT2D eigenvalue weighted by atomic mass is 10.0. The molecule has 0 aliphatic carbocycles. The van der Waals surface area contributed by atoms with Gasteiger partial charge in [0, 0.05) is 12.6 Å². The highest BCUT2D eigenvalue weighted by Gasteiger charge is 2.36. The molecule has 1 aromatic rings. The number of hydrogen-bond donors (Lipinski definition) is 6. The normalized spacial score (nSPS) is 12.2. The largest absolute Gasteiger partial charge is 0.481 e. The number of aryl methyl sites for hydroxylation is 1. The van der Waals surface area contributed by atoms with Crippen LogP contribution in [0.4, 0.5) is 0 Å². The van der Waals surface area contributed by atoms with Crippen molar-refractivity contribution in [2.24, 2.45) is 0 Å². The molecule has 0 saturated carbocycles. The first-order valence-corrected chi connectivity index (χ1v) is 8.85. The number of carboxylic acids is 1. The van der Waals surface area contributed by atoms with Crippen molar-refractivity contribution in [1.29, 1.82) is 0 Å². The van der Waals surface area contributed by atoms with Crippen LogP contribution in [0.25, 0.3) is 0 Å². The minimum absolute atomic E-state index is 0.0203. The molecule has 28 heavy (non-hydrogen) atoms. The van der Waals surface area contributed by atoms with Crippen LogP contribution in [0, 0.1) is 0 Å². The topological polar surface area (TPSA) is 188 Å². The summed E-state index contributed by atoms with van der Waals surface area (Å²) in [7, 11) is 0. The van der Waals surface area contributed by atoms with Crippen LogP contribution in [0.5, 0.6) is 0 Å². The monoisotopic (exact) mass is 407 g/mol. The van der Waals surface area contributed by atoms with Crippen molar-refractivity contribution in [3.63, 3.8) is 0 Å². The maximum atomic E-state index is 10.6. The summed E-state index contributed by atoms with van der Waals surface area (Å²) in [6.07, 6.45) is 0.466. The molecule has 0 bridgehead atoms. The second-order valence-electron chi connectivity index (χ2n) is 6.38. The third kappa shape index (κ3) is 7.39. The summed E-state index contributed by atoms with van der Waals surface area (Å²) in [6.45, 7) is -2.69.